The summed E-state index contributed by atoms with van der Waals surface area (Å²) in [6, 6.07) is 3.93. The van der Waals surface area contributed by atoms with E-state index < -0.39 is 0 Å². The SMILES string of the molecule is COCc1nc2c(Nc3cc([C@H]4CC[C@@H](OC(=O)NC5(C)CC5)C4)[nH]n3)nccc2n1C. The van der Waals surface area contributed by atoms with Gasteiger partial charge in [-0.2, -0.15) is 5.10 Å². The minimum absolute atomic E-state index is 0.0616. The summed E-state index contributed by atoms with van der Waals surface area (Å²) in [6.07, 6.45) is 6.03. The molecule has 0 spiro atoms. The molecule has 2 fully saturated rings. The molecule has 0 aliphatic heterocycles. The summed E-state index contributed by atoms with van der Waals surface area (Å²) in [6.45, 7) is 2.48. The number of carbonyl (C=O) groups is 1. The number of H-pyrrole nitrogens is 1. The van der Waals surface area contributed by atoms with Crippen molar-refractivity contribution in [2.45, 2.75) is 63.2 Å². The zero-order chi connectivity index (χ0) is 22.3. The van der Waals surface area contributed by atoms with Gasteiger partial charge in [-0.25, -0.2) is 14.8 Å². The number of hydrogen-bond donors (Lipinski definition) is 3. The number of hydrogen-bond acceptors (Lipinski definition) is 7. The number of nitrogens with one attached hydrogen (secondary N) is 3. The Morgan fingerprint density at radius 1 is 1.38 bits per heavy atom. The molecule has 0 bridgehead atoms. The Morgan fingerprint density at radius 2 is 2.22 bits per heavy atom. The van der Waals surface area contributed by atoms with E-state index in [-0.39, 0.29) is 23.7 Å². The van der Waals surface area contributed by atoms with Gasteiger partial charge >= 0.3 is 6.09 Å². The number of amides is 1. The fraction of sp³-hybridized carbons (Fsp3) is 0.545. The number of aromatic amines is 1. The molecule has 0 radical (unpaired) electrons. The van der Waals surface area contributed by atoms with Crippen LogP contribution in [-0.4, -0.2) is 49.6 Å². The lowest BCUT2D eigenvalue weighted by Crippen LogP contribution is -2.36. The molecule has 2 aliphatic carbocycles. The molecule has 5 rings (SSSR count). The van der Waals surface area contributed by atoms with Gasteiger partial charge in [-0.05, 0) is 45.1 Å². The number of carbonyl (C=O) groups excluding carboxylic acids is 1. The lowest BCUT2D eigenvalue weighted by molar-refractivity contribution is 0.0967. The molecule has 170 valence electrons. The molecule has 3 heterocycles. The molecule has 0 aromatic carbocycles. The van der Waals surface area contributed by atoms with Gasteiger partial charge in [0.1, 0.15) is 24.1 Å². The molecule has 2 atom stereocenters. The second kappa shape index (κ2) is 8.09. The monoisotopic (exact) mass is 439 g/mol. The third kappa shape index (κ3) is 4.14. The van der Waals surface area contributed by atoms with Gasteiger partial charge in [0.05, 0.1) is 5.52 Å². The van der Waals surface area contributed by atoms with E-state index in [1.807, 2.05) is 30.7 Å². The van der Waals surface area contributed by atoms with Crippen LogP contribution in [0.4, 0.5) is 16.4 Å². The molecule has 32 heavy (non-hydrogen) atoms. The maximum Gasteiger partial charge on any atom is 0.407 e. The first-order chi connectivity index (χ1) is 15.4. The summed E-state index contributed by atoms with van der Waals surface area (Å²) in [7, 11) is 3.62. The van der Waals surface area contributed by atoms with Crippen LogP contribution in [0.15, 0.2) is 18.3 Å². The van der Waals surface area contributed by atoms with Crippen LogP contribution < -0.4 is 10.6 Å². The molecule has 10 heteroatoms. The van der Waals surface area contributed by atoms with Crippen molar-refractivity contribution in [2.75, 3.05) is 12.4 Å². The molecule has 3 aromatic heterocycles. The molecule has 10 nitrogen and oxygen atoms in total. The van der Waals surface area contributed by atoms with E-state index in [9.17, 15) is 4.79 Å². The lowest BCUT2D eigenvalue weighted by atomic mass is 10.0. The first-order valence-electron chi connectivity index (χ1n) is 11.0. The number of fused-ring (bicyclic) bond motifs is 1. The number of nitrogens with zero attached hydrogens (tertiary/aromatic N) is 4. The van der Waals surface area contributed by atoms with E-state index in [0.29, 0.717) is 18.2 Å². The van der Waals surface area contributed by atoms with Crippen LogP contribution in [0.2, 0.25) is 0 Å². The van der Waals surface area contributed by atoms with Crippen molar-refractivity contribution >= 4 is 28.8 Å². The highest BCUT2D eigenvalue weighted by Crippen LogP contribution is 2.37. The number of aromatic nitrogens is 5. The lowest BCUT2D eigenvalue weighted by Gasteiger charge is -2.16. The quantitative estimate of drug-likeness (QED) is 0.515. The Balaban J connectivity index is 1.24. The normalized spacial score (nSPS) is 21.6. The number of rotatable bonds is 7. The Kier molecular flexibility index (Phi) is 5.24. The second-order valence-corrected chi connectivity index (χ2v) is 9.10. The summed E-state index contributed by atoms with van der Waals surface area (Å²) in [5.41, 5.74) is 2.71. The fourth-order valence-corrected chi connectivity index (χ4v) is 4.32. The molecular weight excluding hydrogens is 410 g/mol. The largest absolute Gasteiger partial charge is 0.446 e. The van der Waals surface area contributed by atoms with E-state index >= 15 is 0 Å². The van der Waals surface area contributed by atoms with Gasteiger partial charge in [0.25, 0.3) is 0 Å². The summed E-state index contributed by atoms with van der Waals surface area (Å²) < 4.78 is 12.9. The predicted molar refractivity (Wildman–Crippen MR) is 119 cm³/mol. The number of imidazole rings is 1. The Hall–Kier alpha value is -3.14. The van der Waals surface area contributed by atoms with Crippen molar-refractivity contribution in [3.8, 4) is 0 Å². The van der Waals surface area contributed by atoms with Crippen LogP contribution in [0.5, 0.6) is 0 Å². The molecule has 2 aliphatic rings. The van der Waals surface area contributed by atoms with Gasteiger partial charge in [-0.15, -0.1) is 0 Å². The van der Waals surface area contributed by atoms with Gasteiger partial charge in [0, 0.05) is 43.6 Å². The zero-order valence-electron chi connectivity index (χ0n) is 18.6. The highest BCUT2D eigenvalue weighted by atomic mass is 16.6. The van der Waals surface area contributed by atoms with Crippen molar-refractivity contribution < 1.29 is 14.3 Å². The fourth-order valence-electron chi connectivity index (χ4n) is 4.32. The van der Waals surface area contributed by atoms with Crippen molar-refractivity contribution in [1.82, 2.24) is 30.0 Å². The molecule has 3 N–H and O–H groups in total. The number of anilines is 2. The van der Waals surface area contributed by atoms with E-state index in [4.69, 9.17) is 9.47 Å². The second-order valence-electron chi connectivity index (χ2n) is 9.10. The van der Waals surface area contributed by atoms with Gasteiger partial charge in [-0.1, -0.05) is 0 Å². The first-order valence-corrected chi connectivity index (χ1v) is 11.0. The summed E-state index contributed by atoms with van der Waals surface area (Å²) in [5.74, 6) is 2.44. The zero-order valence-corrected chi connectivity index (χ0v) is 18.6. The molecular formula is C22H29N7O3. The Morgan fingerprint density at radius 3 is 3.00 bits per heavy atom. The maximum atomic E-state index is 12.1. The maximum absolute atomic E-state index is 12.1. The predicted octanol–water partition coefficient (Wildman–Crippen LogP) is 3.50. The van der Waals surface area contributed by atoms with Crippen LogP contribution in [0, 0.1) is 0 Å². The minimum atomic E-state index is -0.301. The first kappa shape index (κ1) is 20.7. The average Bonchev–Trinajstić information content (AvgIpc) is 3.14. The van der Waals surface area contributed by atoms with Crippen molar-refractivity contribution in [1.29, 1.82) is 0 Å². The smallest absolute Gasteiger partial charge is 0.407 e. The van der Waals surface area contributed by atoms with Crippen LogP contribution in [0.3, 0.4) is 0 Å². The number of methoxy groups -OCH3 is 1. The number of pyridine rings is 1. The number of alkyl carbamates (subject to hydrolysis) is 1. The number of ether oxygens (including phenoxy) is 2. The van der Waals surface area contributed by atoms with E-state index in [1.165, 1.54) is 0 Å². The van der Waals surface area contributed by atoms with E-state index in [0.717, 1.165) is 54.7 Å². The third-order valence-electron chi connectivity index (χ3n) is 6.51. The number of aryl methyl sites for hydroxylation is 1. The topological polar surface area (TPSA) is 119 Å². The van der Waals surface area contributed by atoms with E-state index in [2.05, 4.69) is 30.8 Å². The highest BCUT2D eigenvalue weighted by molar-refractivity contribution is 5.88. The molecule has 2 saturated carbocycles. The molecule has 0 saturated heterocycles. The van der Waals surface area contributed by atoms with Gasteiger partial charge in [-0.3, -0.25) is 5.10 Å². The Labute approximate surface area is 186 Å². The summed E-state index contributed by atoms with van der Waals surface area (Å²) in [5, 5.41) is 13.8. The molecule has 0 unspecified atom stereocenters. The summed E-state index contributed by atoms with van der Waals surface area (Å²) in [4.78, 5) is 21.2. The summed E-state index contributed by atoms with van der Waals surface area (Å²) >= 11 is 0. The van der Waals surface area contributed by atoms with Gasteiger partial charge in [0.15, 0.2) is 11.6 Å². The van der Waals surface area contributed by atoms with Crippen molar-refractivity contribution in [2.24, 2.45) is 7.05 Å². The van der Waals surface area contributed by atoms with Crippen molar-refractivity contribution in [3.05, 3.63) is 29.8 Å². The standard InChI is InChI=1S/C22H29N7O3/c1-22(7-8-22)26-21(30)32-14-5-4-13(10-14)15-11-17(28-27-15)24-20-19-16(6-9-23-20)29(2)18(25-19)12-31-3/h6,9,11,13-14H,4-5,7-8,10,12H2,1-3H3,(H,26,30)(H2,23,24,27,28)/t13-,14+/m0/s1. The van der Waals surface area contributed by atoms with Crippen LogP contribution in [0.25, 0.3) is 11.0 Å². The van der Waals surface area contributed by atoms with Gasteiger partial charge in [0.2, 0.25) is 0 Å². The average molecular weight is 440 g/mol. The van der Waals surface area contributed by atoms with Crippen molar-refractivity contribution in [3.63, 3.8) is 0 Å². The molecule has 3 aromatic rings. The minimum Gasteiger partial charge on any atom is -0.446 e. The highest BCUT2D eigenvalue weighted by Gasteiger charge is 2.40. The van der Waals surface area contributed by atoms with Gasteiger partial charge < -0.3 is 24.7 Å². The third-order valence-corrected chi connectivity index (χ3v) is 6.51. The Bertz CT molecular complexity index is 1130. The van der Waals surface area contributed by atoms with Crippen LogP contribution in [-0.2, 0) is 23.1 Å². The van der Waals surface area contributed by atoms with E-state index in [1.54, 1.807) is 13.3 Å². The van der Waals surface area contributed by atoms with Crippen LogP contribution in [0.1, 0.15) is 56.5 Å². The van der Waals surface area contributed by atoms with Crippen LogP contribution >= 0.6 is 0 Å². The molecule has 1 amide bonds.